The lowest BCUT2D eigenvalue weighted by molar-refractivity contribution is -0.142. The molecular weight excluding hydrogens is 795 g/mol. The molecule has 4 heterocycles. The number of aliphatic hydroxyl groups excluding tert-OH is 2. The molecule has 61 heavy (non-hydrogen) atoms. The highest BCUT2D eigenvalue weighted by atomic mass is 16.3. The van der Waals surface area contributed by atoms with Gasteiger partial charge in [0.1, 0.15) is 42.3 Å². The number of carbonyl (C=O) groups is 7. The molecule has 22 nitrogen and oxygen atoms in total. The second-order valence-corrected chi connectivity index (χ2v) is 15.1. The van der Waals surface area contributed by atoms with Crippen LogP contribution in [0.4, 0.5) is 0 Å². The Morgan fingerprint density at radius 1 is 0.770 bits per heavy atom. The summed E-state index contributed by atoms with van der Waals surface area (Å²) in [6, 6.07) is -1.60. The summed E-state index contributed by atoms with van der Waals surface area (Å²) in [6.07, 6.45) is 5.34. The average Bonchev–Trinajstić information content (AvgIpc) is 4.07. The zero-order chi connectivity index (χ0) is 44.4. The molecule has 0 radical (unpaired) electrons. The van der Waals surface area contributed by atoms with Crippen LogP contribution in [0, 0.1) is 0 Å². The number of amides is 7. The summed E-state index contributed by atoms with van der Waals surface area (Å²) in [5.74, 6) is -5.44. The third-order valence-corrected chi connectivity index (χ3v) is 10.4. The fraction of sp³-hybridized carbons (Fsp3) is 0.462. The van der Waals surface area contributed by atoms with Gasteiger partial charge in [-0.2, -0.15) is 0 Å². The van der Waals surface area contributed by atoms with E-state index in [1.165, 1.54) is 50.7 Å². The van der Waals surface area contributed by atoms with Gasteiger partial charge in [-0.25, -0.2) is 9.97 Å². The van der Waals surface area contributed by atoms with E-state index in [0.717, 1.165) is 10.9 Å². The number of aliphatic hydroxyl groups is 2. The number of hydrogen-bond donors (Lipinski definition) is 12. The van der Waals surface area contributed by atoms with Crippen molar-refractivity contribution in [3.63, 3.8) is 0 Å². The van der Waals surface area contributed by atoms with Crippen LogP contribution in [0.1, 0.15) is 50.6 Å². The lowest BCUT2D eigenvalue weighted by Gasteiger charge is -2.30. The largest absolute Gasteiger partial charge is 0.391 e. The van der Waals surface area contributed by atoms with Gasteiger partial charge in [-0.3, -0.25) is 33.6 Å². The minimum Gasteiger partial charge on any atom is -0.391 e. The second-order valence-electron chi connectivity index (χ2n) is 15.1. The van der Waals surface area contributed by atoms with E-state index in [-0.39, 0.29) is 32.2 Å². The summed E-state index contributed by atoms with van der Waals surface area (Å²) in [7, 11) is 0. The highest BCUT2D eigenvalue weighted by molar-refractivity contribution is 5.98. The third-order valence-electron chi connectivity index (χ3n) is 10.4. The minimum atomic E-state index is -1.44. The van der Waals surface area contributed by atoms with Gasteiger partial charge in [0, 0.05) is 55.3 Å². The van der Waals surface area contributed by atoms with E-state index in [1.54, 1.807) is 6.20 Å². The van der Waals surface area contributed by atoms with Crippen molar-refractivity contribution >= 4 is 52.3 Å². The van der Waals surface area contributed by atoms with Crippen molar-refractivity contribution in [3.05, 3.63) is 72.5 Å². The number of nitrogens with two attached hydrogens (primary N) is 2. The molecule has 0 aliphatic carbocycles. The molecule has 3 aromatic heterocycles. The first kappa shape index (κ1) is 45.4. The van der Waals surface area contributed by atoms with E-state index in [0.29, 0.717) is 23.4 Å². The van der Waals surface area contributed by atoms with Crippen molar-refractivity contribution in [3.8, 4) is 0 Å². The van der Waals surface area contributed by atoms with Crippen LogP contribution in [0.2, 0.25) is 0 Å². The monoisotopic (exact) mass is 847 g/mol. The molecule has 1 aliphatic rings. The zero-order valence-electron chi connectivity index (χ0n) is 33.9. The number of primary amides is 1. The lowest BCUT2D eigenvalue weighted by Crippen LogP contribution is -2.60. The number of fused-ring (bicyclic) bond motifs is 1. The predicted molar refractivity (Wildman–Crippen MR) is 217 cm³/mol. The maximum absolute atomic E-state index is 14.0. The first-order valence-corrected chi connectivity index (χ1v) is 19.8. The summed E-state index contributed by atoms with van der Waals surface area (Å²) < 4.78 is 0. The number of H-pyrrole nitrogens is 3. The van der Waals surface area contributed by atoms with E-state index in [9.17, 15) is 43.8 Å². The molecule has 7 amide bonds. The topological polar surface area (TPSA) is 349 Å². The Kier molecular flexibility index (Phi) is 15.3. The highest BCUT2D eigenvalue weighted by Gasteiger charge is 2.39. The molecule has 328 valence electrons. The van der Waals surface area contributed by atoms with Gasteiger partial charge in [-0.05, 0) is 45.2 Å². The summed E-state index contributed by atoms with van der Waals surface area (Å²) in [5.41, 5.74) is 13.5. The maximum Gasteiger partial charge on any atom is 0.245 e. The number of imidazole rings is 2. The van der Waals surface area contributed by atoms with E-state index in [1.807, 2.05) is 24.3 Å². The van der Waals surface area contributed by atoms with Crippen LogP contribution in [0.15, 0.2) is 55.5 Å². The number of rotatable bonds is 20. The van der Waals surface area contributed by atoms with Crippen LogP contribution in [0.5, 0.6) is 0 Å². The molecule has 5 rings (SSSR count). The number of nitrogens with one attached hydrogen (secondary N) is 8. The Hall–Kier alpha value is -6.65. The smallest absolute Gasteiger partial charge is 0.245 e. The molecule has 0 bridgehead atoms. The molecule has 0 saturated carbocycles. The van der Waals surface area contributed by atoms with Crippen molar-refractivity contribution in [2.24, 2.45) is 11.5 Å². The van der Waals surface area contributed by atoms with E-state index < -0.39 is 95.9 Å². The number of hydrogen-bond acceptors (Lipinski definition) is 12. The average molecular weight is 848 g/mol. The zero-order valence-corrected chi connectivity index (χ0v) is 33.9. The molecular formula is C39H53N13O9. The minimum absolute atomic E-state index is 0.0251. The molecule has 1 fully saturated rings. The predicted octanol–water partition coefficient (Wildman–Crippen LogP) is -3.35. The van der Waals surface area contributed by atoms with Crippen molar-refractivity contribution in [2.45, 2.75) is 107 Å². The van der Waals surface area contributed by atoms with Gasteiger partial charge in [0.25, 0.3) is 0 Å². The standard InChI is InChI=1S/C39H53N13O9/c1-19(47-34(56)28(12-23-15-42-17-45-23)48-35(57)29(13-24-16-43-18-46-24)50-38(60)31(40)20(2)53)39(61)52-10-6-9-30(52)37(59)49-27(36(58)51-32(21(3)54)33(41)55)11-22-14-44-26-8-5-4-7-25(22)26/h4-5,7-8,14-21,27-32,44,53-54H,6,9-13,40H2,1-3H3,(H2,41,55)(H,42,45)(H,43,46)(H,47,56)(H,48,57)(H,49,59)(H,50,60)(H,51,58)/t19-,20+,21+,27-,28-,29-,30-,31-,32-/m0/s1. The van der Waals surface area contributed by atoms with Crippen molar-refractivity contribution in [1.29, 1.82) is 0 Å². The van der Waals surface area contributed by atoms with E-state index in [4.69, 9.17) is 11.5 Å². The molecule has 1 aromatic carbocycles. The summed E-state index contributed by atoms with van der Waals surface area (Å²) in [6.45, 7) is 4.18. The Labute approximate surface area is 349 Å². The van der Waals surface area contributed by atoms with Crippen LogP contribution in [-0.2, 0) is 52.8 Å². The number of carbonyl (C=O) groups excluding carboxylic acids is 7. The van der Waals surface area contributed by atoms with Gasteiger partial charge in [-0.1, -0.05) is 18.2 Å². The van der Waals surface area contributed by atoms with Gasteiger partial charge in [-0.15, -0.1) is 0 Å². The Balaban J connectivity index is 1.30. The van der Waals surface area contributed by atoms with E-state index in [2.05, 4.69) is 51.5 Å². The molecule has 14 N–H and O–H groups in total. The van der Waals surface area contributed by atoms with E-state index >= 15 is 0 Å². The quantitative estimate of drug-likeness (QED) is 0.0415. The summed E-state index contributed by atoms with van der Waals surface area (Å²) in [5, 5.41) is 33.7. The summed E-state index contributed by atoms with van der Waals surface area (Å²) >= 11 is 0. The second kappa shape index (κ2) is 20.5. The Morgan fingerprint density at radius 2 is 1.34 bits per heavy atom. The fourth-order valence-electron chi connectivity index (χ4n) is 7.01. The molecule has 9 atom stereocenters. The van der Waals surface area contributed by atoms with Crippen molar-refractivity contribution in [2.75, 3.05) is 6.54 Å². The van der Waals surface area contributed by atoms with Gasteiger partial charge < -0.3 is 68.1 Å². The van der Waals surface area contributed by atoms with Crippen LogP contribution < -0.4 is 38.1 Å². The van der Waals surface area contributed by atoms with Crippen molar-refractivity contribution < 1.29 is 43.8 Å². The number of benzene rings is 1. The van der Waals surface area contributed by atoms with Crippen molar-refractivity contribution in [1.82, 2.24) is 56.4 Å². The molecule has 1 saturated heterocycles. The van der Waals surface area contributed by atoms with Crippen LogP contribution in [-0.4, -0.2) is 142 Å². The summed E-state index contributed by atoms with van der Waals surface area (Å²) in [4.78, 5) is 112. The van der Waals surface area contributed by atoms with Crippen LogP contribution in [0.25, 0.3) is 10.9 Å². The lowest BCUT2D eigenvalue weighted by atomic mass is 10.0. The third kappa shape index (κ3) is 11.8. The highest BCUT2D eigenvalue weighted by Crippen LogP contribution is 2.22. The number of aromatic nitrogens is 5. The van der Waals surface area contributed by atoms with Gasteiger partial charge >= 0.3 is 0 Å². The van der Waals surface area contributed by atoms with Gasteiger partial charge in [0.2, 0.25) is 41.4 Å². The van der Waals surface area contributed by atoms with Gasteiger partial charge in [0.05, 0.1) is 36.3 Å². The number of para-hydroxylation sites is 1. The first-order valence-electron chi connectivity index (χ1n) is 19.8. The number of likely N-dealkylation sites (tertiary alicyclic amines) is 1. The normalized spacial score (nSPS) is 17.8. The molecule has 4 aromatic rings. The number of nitrogens with zero attached hydrogens (tertiary/aromatic N) is 3. The van der Waals surface area contributed by atoms with Gasteiger partial charge in [0.15, 0.2) is 0 Å². The maximum atomic E-state index is 14.0. The molecule has 0 unspecified atom stereocenters. The van der Waals surface area contributed by atoms with Crippen LogP contribution in [0.3, 0.4) is 0 Å². The molecule has 1 aliphatic heterocycles. The fourth-order valence-corrected chi connectivity index (χ4v) is 7.01. The Morgan fingerprint density at radius 3 is 1.92 bits per heavy atom. The van der Waals surface area contributed by atoms with Crippen LogP contribution >= 0.6 is 0 Å². The molecule has 22 heteroatoms. The Bertz CT molecular complexity index is 2160. The molecule has 0 spiro atoms. The SMILES string of the molecule is C[C@H](NC(=O)[C@H](Cc1c[nH]cn1)NC(=O)[C@H](Cc1c[nH]cn1)NC(=O)[C@@H](N)[C@@H](C)O)C(=O)N1CCC[C@H]1C(=O)N[C@@H](Cc1c[nH]c2ccccc12)C(=O)N[C@H](C(N)=O)[C@@H](C)O. The first-order chi connectivity index (χ1) is 29.0. The number of aromatic amines is 3.